The van der Waals surface area contributed by atoms with E-state index in [0.717, 1.165) is 0 Å². The maximum atomic E-state index is 9.39. The fourth-order valence-corrected chi connectivity index (χ4v) is 6.99. The van der Waals surface area contributed by atoms with Crippen molar-refractivity contribution >= 4 is 53.6 Å². The molecule has 0 spiro atoms. The molecule has 0 saturated heterocycles. The molecule has 0 aliphatic rings. The van der Waals surface area contributed by atoms with Crippen LogP contribution in [0.4, 0.5) is 0 Å². The molecule has 4 heteroatoms. The molecule has 3 heterocycles. The predicted molar refractivity (Wildman–Crippen MR) is 209 cm³/mol. The van der Waals surface area contributed by atoms with Crippen molar-refractivity contribution in [3.63, 3.8) is 0 Å². The van der Waals surface area contributed by atoms with Gasteiger partial charge >= 0.3 is 0 Å². The summed E-state index contributed by atoms with van der Waals surface area (Å²) < 4.78 is 180. The number of nitrogens with zero attached hydrogens (tertiary/aromatic N) is 2. The highest BCUT2D eigenvalue weighted by Gasteiger charge is 2.16. The third-order valence-corrected chi connectivity index (χ3v) is 9.32. The van der Waals surface area contributed by atoms with Gasteiger partial charge < -0.3 is 4.42 Å². The number of aromatic nitrogens is 2. The topological polar surface area (TPSA) is 38.9 Å². The number of para-hydroxylation sites is 2. The molecule has 0 bridgehead atoms. The van der Waals surface area contributed by atoms with E-state index in [1.807, 2.05) is 0 Å². The van der Waals surface area contributed by atoms with E-state index in [0.29, 0.717) is 37.1 Å². The molecule has 234 valence electrons. The predicted octanol–water partition coefficient (Wildman–Crippen LogP) is 13.1. The second kappa shape index (κ2) is 11.7. The van der Waals surface area contributed by atoms with Crippen LogP contribution in [0, 0.1) is 0 Å². The van der Waals surface area contributed by atoms with Gasteiger partial charge in [-0.05, 0) is 69.2 Å². The van der Waals surface area contributed by atoms with E-state index < -0.39 is 137 Å². The molecule has 0 N–H and O–H groups in total. The van der Waals surface area contributed by atoms with Crippen LogP contribution in [0.25, 0.3) is 98.0 Å². The summed E-state index contributed by atoms with van der Waals surface area (Å²) in [5, 5.41) is 0.429. The first-order valence-corrected chi connectivity index (χ1v) is 15.9. The Bertz CT molecular complexity index is 3980. The van der Waals surface area contributed by atoms with Crippen molar-refractivity contribution < 1.29 is 31.8 Å². The lowest BCUT2D eigenvalue weighted by molar-refractivity contribution is 0.670. The maximum Gasteiger partial charge on any atom is 0.143 e. The van der Waals surface area contributed by atoms with Crippen LogP contribution in [0.1, 0.15) is 27.4 Å². The summed E-state index contributed by atoms with van der Waals surface area (Å²) in [6.45, 7) is 0. The van der Waals surface area contributed by atoms with Crippen LogP contribution in [0.15, 0.2) is 174 Å². The van der Waals surface area contributed by atoms with Crippen molar-refractivity contribution in [2.45, 2.75) is 0 Å². The van der Waals surface area contributed by atoms with Gasteiger partial charge in [0.25, 0.3) is 0 Å². The van der Waals surface area contributed by atoms with Crippen molar-refractivity contribution in [1.29, 1.82) is 0 Å². The number of thiophene rings is 1. The molecule has 10 aromatic rings. The van der Waals surface area contributed by atoms with Gasteiger partial charge in [0.05, 0.1) is 43.3 Å². The monoisotopic (exact) mass is 676 g/mol. The second-order valence-corrected chi connectivity index (χ2v) is 12.1. The molecule has 0 fully saturated rings. The fraction of sp³-hybridized carbons (Fsp3) is 0. The Labute approximate surface area is 320 Å². The van der Waals surface area contributed by atoms with E-state index in [1.165, 1.54) is 17.7 Å². The molecular formula is C46H28N2OS. The second-order valence-electron chi connectivity index (χ2n) is 11.1. The molecule has 10 rings (SSSR count). The van der Waals surface area contributed by atoms with Crippen LogP contribution < -0.4 is 0 Å². The van der Waals surface area contributed by atoms with Gasteiger partial charge in [-0.2, -0.15) is 0 Å². The van der Waals surface area contributed by atoms with Crippen LogP contribution in [0.3, 0.4) is 0 Å². The standard InChI is InChI=1S/C46H28N2OS/c1-2-9-29(10-3-1)30-19-21-31(22-20-30)32-11-6-12-33(25-32)34-23-24-42-40(27-34)44-46(50-42)43(47-28-48-44)36-14-7-13-35(26-36)37-16-8-17-39-38-15-4-5-18-41(38)49-45(37)39/h1-28H/i1D,2D,3D,4D,5D,6D,8D,9D,10D,11D,12D,15D,16D,17D,18D,19D,20D,21D,22D,25D. The molecule has 3 nitrogen and oxygen atoms in total. The zero-order valence-corrected chi connectivity index (χ0v) is 26.1. The average molecular weight is 677 g/mol. The van der Waals surface area contributed by atoms with Crippen LogP contribution in [0.2, 0.25) is 0 Å². The lowest BCUT2D eigenvalue weighted by Crippen LogP contribution is -1.87. The van der Waals surface area contributed by atoms with Gasteiger partial charge in [-0.15, -0.1) is 11.3 Å². The molecule has 0 unspecified atom stereocenters. The summed E-state index contributed by atoms with van der Waals surface area (Å²) in [7, 11) is 0. The molecule has 0 amide bonds. The highest BCUT2D eigenvalue weighted by Crippen LogP contribution is 2.41. The molecule has 3 aromatic heterocycles. The fourth-order valence-electron chi connectivity index (χ4n) is 5.84. The van der Waals surface area contributed by atoms with E-state index >= 15 is 0 Å². The third kappa shape index (κ3) is 4.80. The van der Waals surface area contributed by atoms with Crippen LogP contribution in [-0.2, 0) is 0 Å². The normalized spacial score (nSPS) is 17.2. The van der Waals surface area contributed by atoms with Crippen molar-refractivity contribution in [1.82, 2.24) is 9.97 Å². The number of hydrogen-bond donors (Lipinski definition) is 0. The van der Waals surface area contributed by atoms with Gasteiger partial charge in [-0.3, -0.25) is 0 Å². The smallest absolute Gasteiger partial charge is 0.143 e. The Balaban J connectivity index is 1.12. The summed E-state index contributed by atoms with van der Waals surface area (Å²) in [6.07, 6.45) is 1.33. The van der Waals surface area contributed by atoms with E-state index in [2.05, 4.69) is 9.97 Å². The lowest BCUT2D eigenvalue weighted by Gasteiger charge is -2.08. The minimum atomic E-state index is -0.810. The molecule has 0 aliphatic carbocycles. The van der Waals surface area contributed by atoms with Crippen molar-refractivity contribution in [3.8, 4) is 55.8 Å². The van der Waals surface area contributed by atoms with Crippen LogP contribution >= 0.6 is 11.3 Å². The maximum absolute atomic E-state index is 9.39. The van der Waals surface area contributed by atoms with Crippen molar-refractivity contribution in [2.75, 3.05) is 0 Å². The van der Waals surface area contributed by atoms with Gasteiger partial charge in [0.1, 0.15) is 17.5 Å². The zero-order chi connectivity index (χ0) is 50.4. The Kier molecular flexibility index (Phi) is 3.51. The van der Waals surface area contributed by atoms with Crippen LogP contribution in [0.5, 0.6) is 0 Å². The van der Waals surface area contributed by atoms with Gasteiger partial charge in [0.15, 0.2) is 0 Å². The zero-order valence-electron chi connectivity index (χ0n) is 45.3. The van der Waals surface area contributed by atoms with Crippen molar-refractivity contribution in [2.24, 2.45) is 0 Å². The highest BCUT2D eigenvalue weighted by atomic mass is 32.1. The Hall–Kier alpha value is -6.36. The highest BCUT2D eigenvalue weighted by molar-refractivity contribution is 7.26. The van der Waals surface area contributed by atoms with E-state index in [9.17, 15) is 1.37 Å². The first kappa shape index (κ1) is 15.0. The van der Waals surface area contributed by atoms with E-state index in [1.54, 1.807) is 42.5 Å². The number of rotatable bonds is 5. The molecule has 0 aliphatic heterocycles. The molecule has 0 atom stereocenters. The molecule has 0 radical (unpaired) electrons. The van der Waals surface area contributed by atoms with Gasteiger partial charge in [-0.1, -0.05) is 133 Å². The van der Waals surface area contributed by atoms with E-state index in [4.69, 9.17) is 30.5 Å². The first-order chi connectivity index (χ1) is 33.1. The minimum absolute atomic E-state index is 0.0330. The third-order valence-electron chi connectivity index (χ3n) is 8.15. The number of furan rings is 1. The summed E-state index contributed by atoms with van der Waals surface area (Å²) in [6, 6.07) is -1.02. The van der Waals surface area contributed by atoms with Crippen molar-refractivity contribution in [3.05, 3.63) is 170 Å². The molecular weight excluding hydrogens is 629 g/mol. The Morgan fingerprint density at radius 2 is 1.22 bits per heavy atom. The minimum Gasteiger partial charge on any atom is -0.455 e. The average Bonchev–Trinajstić information content (AvgIpc) is 3.93. The lowest BCUT2D eigenvalue weighted by atomic mass is 9.96. The Morgan fingerprint density at radius 3 is 2.10 bits per heavy atom. The first-order valence-electron chi connectivity index (χ1n) is 25.1. The molecule has 7 aromatic carbocycles. The van der Waals surface area contributed by atoms with Gasteiger partial charge in [-0.25, -0.2) is 9.97 Å². The molecule has 50 heavy (non-hydrogen) atoms. The van der Waals surface area contributed by atoms with Gasteiger partial charge in [0.2, 0.25) is 0 Å². The number of fused-ring (bicyclic) bond motifs is 6. The Morgan fingerprint density at radius 1 is 0.520 bits per heavy atom. The number of benzene rings is 7. The summed E-state index contributed by atoms with van der Waals surface area (Å²) >= 11 is 1.31. The number of hydrogen-bond acceptors (Lipinski definition) is 4. The summed E-state index contributed by atoms with van der Waals surface area (Å²) in [5.41, 5.74) is -0.578. The van der Waals surface area contributed by atoms with Crippen LogP contribution in [-0.4, -0.2) is 9.97 Å². The quantitative estimate of drug-likeness (QED) is 0.182. The SMILES string of the molecule is [2H]c1c([2H])c([2H])c(-c2c([2H])c([2H])c(-c3c([2H])c([2H])c([2H])c(-c4ccc5sc6c(-c7cccc(-c8c([2H])c([2H])c([2H])c9c8oc8c([2H])c([2H])c([2H])c([2H])c89)c7)ncnc6c5c4)c3[2H])c([2H])c2[2H])c([2H])c1[2H]. The van der Waals surface area contributed by atoms with E-state index in [-0.39, 0.29) is 44.7 Å². The van der Waals surface area contributed by atoms with Gasteiger partial charge in [0, 0.05) is 32.0 Å². The summed E-state index contributed by atoms with van der Waals surface area (Å²) in [4.78, 5) is 9.18. The largest absolute Gasteiger partial charge is 0.455 e. The molecule has 0 saturated carbocycles. The summed E-state index contributed by atoms with van der Waals surface area (Å²) in [5.74, 6) is 0.